The van der Waals surface area contributed by atoms with Crippen LogP contribution in [0.1, 0.15) is 24.9 Å². The number of thioether (sulfide) groups is 1. The first-order valence-electron chi connectivity index (χ1n) is 6.07. The van der Waals surface area contributed by atoms with Gasteiger partial charge in [-0.15, -0.1) is 11.8 Å². The standard InChI is InChI=1S/C13H16N2O3S/c1-3-11(19-8-10-5-4-6-17-10)13(16)14-12-7-9(2)18-15-12/h4-7,11H,3,8H2,1-2H3,(H,14,15,16). The monoisotopic (exact) mass is 280 g/mol. The van der Waals surface area contributed by atoms with Gasteiger partial charge in [-0.3, -0.25) is 4.79 Å². The van der Waals surface area contributed by atoms with Gasteiger partial charge >= 0.3 is 0 Å². The number of anilines is 1. The highest BCUT2D eigenvalue weighted by atomic mass is 32.2. The third-order valence-electron chi connectivity index (χ3n) is 2.55. The van der Waals surface area contributed by atoms with Crippen LogP contribution >= 0.6 is 11.8 Å². The number of hydrogen-bond acceptors (Lipinski definition) is 5. The zero-order valence-electron chi connectivity index (χ0n) is 10.9. The lowest BCUT2D eigenvalue weighted by molar-refractivity contribution is -0.115. The zero-order valence-corrected chi connectivity index (χ0v) is 11.7. The number of carbonyl (C=O) groups is 1. The molecule has 1 atom stereocenters. The predicted molar refractivity (Wildman–Crippen MR) is 74.0 cm³/mol. The summed E-state index contributed by atoms with van der Waals surface area (Å²) in [5, 5.41) is 6.36. The topological polar surface area (TPSA) is 68.3 Å². The molecule has 0 spiro atoms. The van der Waals surface area contributed by atoms with Crippen LogP contribution in [0.25, 0.3) is 0 Å². The minimum absolute atomic E-state index is 0.0626. The summed E-state index contributed by atoms with van der Waals surface area (Å²) in [5.41, 5.74) is 0. The number of aromatic nitrogens is 1. The first kappa shape index (κ1) is 13.7. The van der Waals surface area contributed by atoms with E-state index in [1.165, 1.54) is 0 Å². The molecule has 5 nitrogen and oxygen atoms in total. The van der Waals surface area contributed by atoms with Crippen molar-refractivity contribution in [1.82, 2.24) is 5.16 Å². The number of nitrogens with one attached hydrogen (secondary N) is 1. The second-order valence-electron chi connectivity index (χ2n) is 4.10. The van der Waals surface area contributed by atoms with E-state index in [-0.39, 0.29) is 11.2 Å². The lowest BCUT2D eigenvalue weighted by Gasteiger charge is -2.12. The number of hydrogen-bond donors (Lipinski definition) is 1. The summed E-state index contributed by atoms with van der Waals surface area (Å²) in [5.74, 6) is 2.61. The van der Waals surface area contributed by atoms with Crippen LogP contribution in [0.15, 0.2) is 33.4 Å². The van der Waals surface area contributed by atoms with Crippen molar-refractivity contribution in [1.29, 1.82) is 0 Å². The third kappa shape index (κ3) is 3.89. The van der Waals surface area contributed by atoms with Gasteiger partial charge in [-0.2, -0.15) is 0 Å². The summed E-state index contributed by atoms with van der Waals surface area (Å²) in [6.45, 7) is 3.76. The molecule has 0 fully saturated rings. The maximum atomic E-state index is 12.1. The molecule has 2 heterocycles. The number of amides is 1. The zero-order chi connectivity index (χ0) is 13.7. The Balaban J connectivity index is 1.87. The Hall–Kier alpha value is -1.69. The van der Waals surface area contributed by atoms with Crippen molar-refractivity contribution in [3.8, 4) is 0 Å². The van der Waals surface area contributed by atoms with E-state index in [0.717, 1.165) is 12.2 Å². The highest BCUT2D eigenvalue weighted by Crippen LogP contribution is 2.22. The average Bonchev–Trinajstić information content (AvgIpc) is 3.02. The van der Waals surface area contributed by atoms with Gasteiger partial charge in [0.1, 0.15) is 11.5 Å². The SMILES string of the molecule is CCC(SCc1ccco1)C(=O)Nc1cc(C)on1. The van der Waals surface area contributed by atoms with Crippen LogP contribution in [-0.4, -0.2) is 16.3 Å². The molecule has 0 aromatic carbocycles. The maximum Gasteiger partial charge on any atom is 0.238 e. The Kier molecular flexibility index (Phi) is 4.68. The van der Waals surface area contributed by atoms with E-state index in [0.29, 0.717) is 17.3 Å². The highest BCUT2D eigenvalue weighted by Gasteiger charge is 2.18. The van der Waals surface area contributed by atoms with Crippen LogP contribution in [0.2, 0.25) is 0 Å². The molecule has 0 aliphatic rings. The van der Waals surface area contributed by atoms with Crippen LogP contribution in [0, 0.1) is 6.92 Å². The quantitative estimate of drug-likeness (QED) is 0.879. The van der Waals surface area contributed by atoms with E-state index in [1.807, 2.05) is 19.1 Å². The molecule has 102 valence electrons. The summed E-state index contributed by atoms with van der Waals surface area (Å²) >= 11 is 1.55. The predicted octanol–water partition coefficient (Wildman–Crippen LogP) is 3.23. The molecule has 2 rings (SSSR count). The molecular formula is C13H16N2O3S. The van der Waals surface area contributed by atoms with Crippen molar-refractivity contribution in [2.75, 3.05) is 5.32 Å². The van der Waals surface area contributed by atoms with E-state index in [4.69, 9.17) is 8.94 Å². The fourth-order valence-corrected chi connectivity index (χ4v) is 2.56. The molecule has 0 radical (unpaired) electrons. The molecule has 0 aliphatic heterocycles. The van der Waals surface area contributed by atoms with Gasteiger partial charge in [0, 0.05) is 6.07 Å². The Morgan fingerprint density at radius 1 is 1.58 bits per heavy atom. The van der Waals surface area contributed by atoms with Gasteiger partial charge in [0.05, 0.1) is 17.3 Å². The second kappa shape index (κ2) is 6.47. The maximum absolute atomic E-state index is 12.1. The Morgan fingerprint density at radius 2 is 2.42 bits per heavy atom. The minimum Gasteiger partial charge on any atom is -0.468 e. The van der Waals surface area contributed by atoms with Gasteiger partial charge < -0.3 is 14.3 Å². The molecule has 2 aromatic rings. The van der Waals surface area contributed by atoms with Gasteiger partial charge in [-0.25, -0.2) is 0 Å². The molecule has 0 saturated carbocycles. The van der Waals surface area contributed by atoms with E-state index in [1.54, 1.807) is 31.0 Å². The molecule has 0 saturated heterocycles. The second-order valence-corrected chi connectivity index (χ2v) is 5.29. The Morgan fingerprint density at radius 3 is 3.00 bits per heavy atom. The molecule has 0 bridgehead atoms. The van der Waals surface area contributed by atoms with Gasteiger partial charge in [-0.1, -0.05) is 12.1 Å². The molecule has 1 N–H and O–H groups in total. The van der Waals surface area contributed by atoms with Crippen molar-refractivity contribution in [3.63, 3.8) is 0 Å². The highest BCUT2D eigenvalue weighted by molar-refractivity contribution is 7.99. The molecular weight excluding hydrogens is 264 g/mol. The first-order chi connectivity index (χ1) is 9.19. The van der Waals surface area contributed by atoms with Crippen molar-refractivity contribution in [3.05, 3.63) is 36.0 Å². The smallest absolute Gasteiger partial charge is 0.238 e. The van der Waals surface area contributed by atoms with E-state index in [9.17, 15) is 4.79 Å². The molecule has 6 heteroatoms. The van der Waals surface area contributed by atoms with Crippen LogP contribution < -0.4 is 5.32 Å². The van der Waals surface area contributed by atoms with Crippen molar-refractivity contribution in [2.45, 2.75) is 31.3 Å². The van der Waals surface area contributed by atoms with Crippen LogP contribution in [0.3, 0.4) is 0 Å². The van der Waals surface area contributed by atoms with Crippen molar-refractivity contribution in [2.24, 2.45) is 0 Å². The van der Waals surface area contributed by atoms with E-state index >= 15 is 0 Å². The Bertz CT molecular complexity index is 522. The molecule has 1 unspecified atom stereocenters. The fourth-order valence-electron chi connectivity index (χ4n) is 1.59. The lowest BCUT2D eigenvalue weighted by Crippen LogP contribution is -2.24. The van der Waals surface area contributed by atoms with Gasteiger partial charge in [0.25, 0.3) is 0 Å². The molecule has 1 amide bonds. The summed E-state index contributed by atoms with van der Waals surface area (Å²) in [7, 11) is 0. The molecule has 19 heavy (non-hydrogen) atoms. The van der Waals surface area contributed by atoms with Crippen LogP contribution in [-0.2, 0) is 10.5 Å². The number of aryl methyl sites for hydroxylation is 1. The van der Waals surface area contributed by atoms with Crippen LogP contribution in [0.5, 0.6) is 0 Å². The van der Waals surface area contributed by atoms with Gasteiger partial charge in [0.15, 0.2) is 5.82 Å². The third-order valence-corrected chi connectivity index (χ3v) is 3.95. The first-order valence-corrected chi connectivity index (χ1v) is 7.12. The van der Waals surface area contributed by atoms with Gasteiger partial charge in [0.2, 0.25) is 5.91 Å². The Labute approximate surface area is 115 Å². The van der Waals surface area contributed by atoms with Crippen LogP contribution in [0.4, 0.5) is 5.82 Å². The van der Waals surface area contributed by atoms with E-state index in [2.05, 4.69) is 10.5 Å². The number of carbonyl (C=O) groups excluding carboxylic acids is 1. The molecule has 0 aliphatic carbocycles. The number of rotatable bonds is 6. The van der Waals surface area contributed by atoms with E-state index < -0.39 is 0 Å². The van der Waals surface area contributed by atoms with Gasteiger partial charge in [-0.05, 0) is 25.5 Å². The normalized spacial score (nSPS) is 12.3. The summed E-state index contributed by atoms with van der Waals surface area (Å²) in [6, 6.07) is 5.44. The number of nitrogens with zero attached hydrogens (tertiary/aromatic N) is 1. The summed E-state index contributed by atoms with van der Waals surface area (Å²) < 4.78 is 10.2. The number of furan rings is 1. The molecule has 2 aromatic heterocycles. The average molecular weight is 280 g/mol. The van der Waals surface area contributed by atoms with Crippen molar-refractivity contribution >= 4 is 23.5 Å². The minimum atomic E-state index is -0.137. The summed E-state index contributed by atoms with van der Waals surface area (Å²) in [6.07, 6.45) is 2.38. The lowest BCUT2D eigenvalue weighted by atomic mass is 10.3. The largest absolute Gasteiger partial charge is 0.468 e. The van der Waals surface area contributed by atoms with Crippen molar-refractivity contribution < 1.29 is 13.7 Å². The summed E-state index contributed by atoms with van der Waals surface area (Å²) in [4.78, 5) is 12.1. The fraction of sp³-hybridized carbons (Fsp3) is 0.385.